The van der Waals surface area contributed by atoms with Gasteiger partial charge in [-0.15, -0.1) is 0 Å². The molecule has 1 amide bonds. The molecule has 0 spiro atoms. The highest BCUT2D eigenvalue weighted by molar-refractivity contribution is 5.91. The van der Waals surface area contributed by atoms with Gasteiger partial charge in [-0.05, 0) is 50.7 Å². The van der Waals surface area contributed by atoms with Crippen molar-refractivity contribution in [3.63, 3.8) is 0 Å². The lowest BCUT2D eigenvalue weighted by molar-refractivity contribution is -0.138. The number of H-pyrrole nitrogens is 1. The van der Waals surface area contributed by atoms with Crippen molar-refractivity contribution in [2.75, 3.05) is 6.54 Å². The van der Waals surface area contributed by atoms with Crippen LogP contribution in [-0.4, -0.2) is 27.5 Å². The van der Waals surface area contributed by atoms with E-state index in [0.29, 0.717) is 5.56 Å². The lowest BCUT2D eigenvalue weighted by Gasteiger charge is -2.38. The number of benzene rings is 1. The van der Waals surface area contributed by atoms with E-state index in [-0.39, 0.29) is 17.8 Å². The summed E-state index contributed by atoms with van der Waals surface area (Å²) in [6, 6.07) is 6.74. The van der Waals surface area contributed by atoms with Crippen molar-refractivity contribution in [1.82, 2.24) is 15.1 Å². The van der Waals surface area contributed by atoms with Crippen LogP contribution in [0.25, 0.3) is 0 Å². The van der Waals surface area contributed by atoms with E-state index in [1.165, 1.54) is 6.07 Å². The monoisotopic (exact) mass is 327 g/mol. The van der Waals surface area contributed by atoms with E-state index in [2.05, 4.69) is 10.2 Å². The van der Waals surface area contributed by atoms with E-state index in [9.17, 15) is 9.18 Å². The van der Waals surface area contributed by atoms with Crippen LogP contribution in [0.3, 0.4) is 0 Å². The number of rotatable bonds is 3. The summed E-state index contributed by atoms with van der Waals surface area (Å²) in [6.07, 6.45) is 6.30. The molecule has 0 bridgehead atoms. The smallest absolute Gasteiger partial charge is 0.233 e. The van der Waals surface area contributed by atoms with Gasteiger partial charge in [-0.3, -0.25) is 9.89 Å². The molecule has 1 aromatic carbocycles. The number of amides is 1. The molecule has 1 saturated carbocycles. The van der Waals surface area contributed by atoms with Crippen LogP contribution in [-0.2, 0) is 10.2 Å². The summed E-state index contributed by atoms with van der Waals surface area (Å²) in [5.74, 6) is -0.194. The number of aromatic nitrogens is 2. The van der Waals surface area contributed by atoms with Crippen LogP contribution in [0.1, 0.15) is 55.0 Å². The highest BCUT2D eigenvalue weighted by atomic mass is 19.1. The number of carbonyl (C=O) groups is 1. The zero-order valence-corrected chi connectivity index (χ0v) is 13.9. The van der Waals surface area contributed by atoms with Gasteiger partial charge in [-0.2, -0.15) is 5.10 Å². The summed E-state index contributed by atoms with van der Waals surface area (Å²) in [5.41, 5.74) is 2.00. The summed E-state index contributed by atoms with van der Waals surface area (Å²) < 4.78 is 14.3. The Morgan fingerprint density at radius 2 is 2.12 bits per heavy atom. The largest absolute Gasteiger partial charge is 0.333 e. The van der Waals surface area contributed by atoms with Gasteiger partial charge >= 0.3 is 0 Å². The Morgan fingerprint density at radius 3 is 2.79 bits per heavy atom. The Hall–Kier alpha value is -2.17. The lowest BCUT2D eigenvalue weighted by atomic mass is 9.90. The molecule has 1 atom stereocenters. The molecular formula is C19H22FN3O. The Kier molecular flexibility index (Phi) is 3.66. The van der Waals surface area contributed by atoms with Gasteiger partial charge in [-0.1, -0.05) is 18.2 Å². The summed E-state index contributed by atoms with van der Waals surface area (Å²) in [6.45, 7) is 2.75. The maximum Gasteiger partial charge on any atom is 0.233 e. The van der Waals surface area contributed by atoms with E-state index in [0.717, 1.165) is 49.9 Å². The van der Waals surface area contributed by atoms with Gasteiger partial charge in [0.2, 0.25) is 5.91 Å². The number of nitrogens with one attached hydrogen (secondary N) is 1. The molecule has 24 heavy (non-hydrogen) atoms. The van der Waals surface area contributed by atoms with Gasteiger partial charge in [0.1, 0.15) is 5.82 Å². The second-order valence-corrected chi connectivity index (χ2v) is 7.04. The number of nitrogens with zero attached hydrogens (tertiary/aromatic N) is 2. The summed E-state index contributed by atoms with van der Waals surface area (Å²) >= 11 is 0. The van der Waals surface area contributed by atoms with Gasteiger partial charge in [0.05, 0.1) is 23.3 Å². The predicted molar refractivity (Wildman–Crippen MR) is 88.9 cm³/mol. The van der Waals surface area contributed by atoms with E-state index in [4.69, 9.17) is 0 Å². The molecule has 1 aliphatic carbocycles. The average Bonchev–Trinajstić information content (AvgIpc) is 3.30. The van der Waals surface area contributed by atoms with Crippen LogP contribution in [0, 0.1) is 12.7 Å². The topological polar surface area (TPSA) is 49.0 Å². The minimum absolute atomic E-state index is 0.0259. The van der Waals surface area contributed by atoms with Crippen LogP contribution < -0.4 is 0 Å². The molecule has 4 nitrogen and oxygen atoms in total. The molecule has 2 fully saturated rings. The highest BCUT2D eigenvalue weighted by Crippen LogP contribution is 2.52. The molecule has 1 aliphatic heterocycles. The van der Waals surface area contributed by atoms with Crippen molar-refractivity contribution in [1.29, 1.82) is 0 Å². The van der Waals surface area contributed by atoms with Crippen molar-refractivity contribution in [3.8, 4) is 0 Å². The molecule has 5 heteroatoms. The molecule has 126 valence electrons. The van der Waals surface area contributed by atoms with Crippen LogP contribution in [0.4, 0.5) is 4.39 Å². The lowest BCUT2D eigenvalue weighted by Crippen LogP contribution is -2.44. The first kappa shape index (κ1) is 15.4. The number of halogens is 1. The second-order valence-electron chi connectivity index (χ2n) is 7.04. The number of hydrogen-bond donors (Lipinski definition) is 1. The quantitative estimate of drug-likeness (QED) is 0.935. The first-order valence-electron chi connectivity index (χ1n) is 8.69. The fourth-order valence-corrected chi connectivity index (χ4v) is 4.02. The Balaban J connectivity index is 1.68. The van der Waals surface area contributed by atoms with E-state index in [1.54, 1.807) is 18.3 Å². The minimum Gasteiger partial charge on any atom is -0.333 e. The van der Waals surface area contributed by atoms with Gasteiger partial charge in [0.15, 0.2) is 0 Å². The second kappa shape index (κ2) is 5.72. The number of piperidine rings is 1. The van der Waals surface area contributed by atoms with Gasteiger partial charge in [-0.25, -0.2) is 4.39 Å². The first-order valence-corrected chi connectivity index (χ1v) is 8.69. The number of aryl methyl sites for hydroxylation is 1. The fraction of sp³-hybridized carbons (Fsp3) is 0.474. The van der Waals surface area contributed by atoms with Crippen LogP contribution in [0.5, 0.6) is 0 Å². The van der Waals surface area contributed by atoms with Crippen molar-refractivity contribution in [2.24, 2.45) is 0 Å². The van der Waals surface area contributed by atoms with Gasteiger partial charge < -0.3 is 4.90 Å². The summed E-state index contributed by atoms with van der Waals surface area (Å²) in [4.78, 5) is 15.3. The van der Waals surface area contributed by atoms with E-state index in [1.807, 2.05) is 17.9 Å². The fourth-order valence-electron chi connectivity index (χ4n) is 4.02. The maximum atomic E-state index is 14.3. The molecule has 2 aliphatic rings. The van der Waals surface area contributed by atoms with Gasteiger partial charge in [0.25, 0.3) is 0 Å². The molecule has 1 saturated heterocycles. The first-order chi connectivity index (χ1) is 11.6. The van der Waals surface area contributed by atoms with Crippen LogP contribution in [0.15, 0.2) is 30.5 Å². The zero-order valence-electron chi connectivity index (χ0n) is 13.9. The number of likely N-dealkylation sites (tertiary alicyclic amines) is 1. The standard InChI is InChI=1S/C19H22FN3O/c1-13-12-21-22-17(13)16-8-4-5-11-23(16)18(24)19(9-10-19)14-6-2-3-7-15(14)20/h2-3,6-7,12,16H,4-5,8-11H2,1H3,(H,21,22)/t16-/m1/s1. The Bertz CT molecular complexity index is 765. The Morgan fingerprint density at radius 1 is 1.33 bits per heavy atom. The molecule has 0 unspecified atom stereocenters. The molecule has 2 aromatic rings. The minimum atomic E-state index is -0.658. The summed E-state index contributed by atoms with van der Waals surface area (Å²) in [7, 11) is 0. The van der Waals surface area contributed by atoms with Crippen LogP contribution in [0.2, 0.25) is 0 Å². The maximum absolute atomic E-state index is 14.3. The van der Waals surface area contributed by atoms with E-state index < -0.39 is 5.41 Å². The SMILES string of the molecule is Cc1cn[nH]c1[C@H]1CCCCN1C(=O)C1(c2ccccc2F)CC1. The third-order valence-electron chi connectivity index (χ3n) is 5.51. The van der Waals surface area contributed by atoms with Gasteiger partial charge in [0, 0.05) is 12.1 Å². The van der Waals surface area contributed by atoms with Crippen molar-refractivity contribution >= 4 is 5.91 Å². The highest BCUT2D eigenvalue weighted by Gasteiger charge is 2.55. The third-order valence-corrected chi connectivity index (χ3v) is 5.51. The van der Waals surface area contributed by atoms with Crippen molar-refractivity contribution < 1.29 is 9.18 Å². The molecule has 0 radical (unpaired) electrons. The summed E-state index contributed by atoms with van der Waals surface area (Å²) in [5, 5.41) is 7.18. The number of hydrogen-bond acceptors (Lipinski definition) is 2. The number of carbonyl (C=O) groups excluding carboxylic acids is 1. The molecule has 4 rings (SSSR count). The number of aromatic amines is 1. The zero-order chi connectivity index (χ0) is 16.7. The van der Waals surface area contributed by atoms with Crippen LogP contribution >= 0.6 is 0 Å². The molecule has 1 N–H and O–H groups in total. The van der Waals surface area contributed by atoms with E-state index >= 15 is 0 Å². The van der Waals surface area contributed by atoms with Crippen molar-refractivity contribution in [3.05, 3.63) is 53.1 Å². The molecular weight excluding hydrogens is 305 g/mol. The normalized spacial score (nSPS) is 22.4. The third kappa shape index (κ3) is 2.34. The average molecular weight is 327 g/mol. The molecule has 1 aromatic heterocycles. The molecule has 2 heterocycles. The predicted octanol–water partition coefficient (Wildman–Crippen LogP) is 3.64. The van der Waals surface area contributed by atoms with Crippen molar-refractivity contribution in [2.45, 2.75) is 50.5 Å². The Labute approximate surface area is 141 Å².